The predicted octanol–water partition coefficient (Wildman–Crippen LogP) is 2.89. The number of ether oxygens (including phenoxy) is 4. The van der Waals surface area contributed by atoms with Crippen molar-refractivity contribution in [3.8, 4) is 11.3 Å². The van der Waals surface area contributed by atoms with Gasteiger partial charge < -0.3 is 59.3 Å². The predicted molar refractivity (Wildman–Crippen MR) is 259 cm³/mol. The number of amides is 5. The smallest absolute Gasteiger partial charge is 0.248 e. The summed E-state index contributed by atoms with van der Waals surface area (Å²) in [6.45, 7) is 5.86. The Morgan fingerprint density at radius 2 is 1.56 bits per heavy atom. The number of aliphatic hydroxyl groups excluding tert-OH is 1. The van der Waals surface area contributed by atoms with Crippen molar-refractivity contribution in [2.75, 3.05) is 124 Å². The van der Waals surface area contributed by atoms with Crippen LogP contribution in [0.5, 0.6) is 0 Å². The molecule has 0 spiro atoms. The van der Waals surface area contributed by atoms with Crippen molar-refractivity contribution in [2.45, 2.75) is 38.8 Å². The molecule has 0 bridgehead atoms. The fourth-order valence-corrected chi connectivity index (χ4v) is 9.04. The zero-order valence-electron chi connectivity index (χ0n) is 38.6. The summed E-state index contributed by atoms with van der Waals surface area (Å²) >= 11 is 14.6. The average Bonchev–Trinajstić information content (AvgIpc) is 4.09. The minimum Gasteiger partial charge on any atom is -0.387 e. The number of nitrogens with one attached hydrogen (secondary N) is 3. The van der Waals surface area contributed by atoms with Gasteiger partial charge >= 0.3 is 0 Å². The van der Waals surface area contributed by atoms with Crippen molar-refractivity contribution in [1.82, 2.24) is 40.1 Å². The van der Waals surface area contributed by atoms with E-state index in [1.807, 2.05) is 43.4 Å². The van der Waals surface area contributed by atoms with Crippen LogP contribution in [0.1, 0.15) is 29.0 Å². The molecule has 5 amide bonds. The molecule has 1 fully saturated rings. The van der Waals surface area contributed by atoms with E-state index >= 15 is 0 Å². The van der Waals surface area contributed by atoms with Gasteiger partial charge in [-0.15, -0.1) is 11.3 Å². The van der Waals surface area contributed by atoms with E-state index in [0.29, 0.717) is 126 Å². The molecule has 3 aromatic heterocycles. The van der Waals surface area contributed by atoms with Gasteiger partial charge in [0, 0.05) is 104 Å². The number of benzene rings is 1. The van der Waals surface area contributed by atoms with Crippen molar-refractivity contribution in [1.29, 1.82) is 0 Å². The average molecular weight is 1000 g/mol. The fraction of sp³-hybridized carbons (Fsp3) is 0.522. The number of piperazine rings is 1. The summed E-state index contributed by atoms with van der Waals surface area (Å²) in [6.07, 6.45) is 6.81. The van der Waals surface area contributed by atoms with Crippen LogP contribution < -0.4 is 15.5 Å². The number of hydrogen-bond donors (Lipinski definition) is 4. The number of aromatic nitrogens is 3. The van der Waals surface area contributed by atoms with E-state index in [2.05, 4.69) is 15.6 Å². The molecule has 370 valence electrons. The molecule has 6 rings (SSSR count). The van der Waals surface area contributed by atoms with E-state index < -0.39 is 6.61 Å². The normalized spacial score (nSPS) is 14.1. The third kappa shape index (κ3) is 15.3. The van der Waals surface area contributed by atoms with E-state index in [-0.39, 0.29) is 62.1 Å². The Balaban J connectivity index is 0.737. The van der Waals surface area contributed by atoms with E-state index in [0.717, 1.165) is 32.1 Å². The lowest BCUT2D eigenvalue weighted by Gasteiger charge is -2.33. The highest BCUT2D eigenvalue weighted by Crippen LogP contribution is 2.42. The second kappa shape index (κ2) is 26.7. The van der Waals surface area contributed by atoms with Gasteiger partial charge in [-0.2, -0.15) is 5.10 Å². The number of rotatable bonds is 27. The van der Waals surface area contributed by atoms with Crippen LogP contribution in [-0.2, 0) is 68.9 Å². The lowest BCUT2D eigenvalue weighted by atomic mass is 9.99. The number of aromatic amines is 1. The fourth-order valence-electron chi connectivity index (χ4n) is 7.60. The molecule has 4 aromatic rings. The number of carbonyl (C=O) groups excluding carboxylic acids is 5. The first-order chi connectivity index (χ1) is 32.9. The van der Waals surface area contributed by atoms with Crippen molar-refractivity contribution in [3.05, 3.63) is 68.8 Å². The Kier molecular flexibility index (Phi) is 20.6. The Bertz CT molecular complexity index is 2370. The van der Waals surface area contributed by atoms with Crippen molar-refractivity contribution in [3.63, 3.8) is 0 Å². The third-order valence-corrected chi connectivity index (χ3v) is 13.1. The van der Waals surface area contributed by atoms with Crippen LogP contribution in [0.3, 0.4) is 0 Å². The number of H-pyrrole nitrogens is 1. The zero-order chi connectivity index (χ0) is 48.4. The standard InChI is InChI=1S/C46H61Cl2N9O10S/c1-53(2)14-3-4-40(61)55-18-19-57(41(62)30-55)43-6-5-32(68-43)7-12-49-38(59)10-20-64-22-24-66-26-27-67-25-23-65-21-11-39(60)50-13-17-56-16-9-37(52-56)33-28-35(47)45(48)46-44(33)34-29-54(42(63)31-58)15-8-36(34)51-46/h3-6,9,16,28,51,58H,7-8,10-15,17-27,29-31H2,1-2H3,(H,49,59)(H,50,60)/b4-3+. The van der Waals surface area contributed by atoms with Crippen LogP contribution in [0, 0.1) is 0 Å². The highest BCUT2D eigenvalue weighted by atomic mass is 35.5. The maximum atomic E-state index is 12.8. The number of anilines is 1. The first-order valence-electron chi connectivity index (χ1n) is 22.7. The number of nitrogens with zero attached hydrogens (tertiary/aromatic N) is 6. The lowest BCUT2D eigenvalue weighted by Crippen LogP contribution is -2.51. The molecule has 0 aliphatic carbocycles. The molecule has 1 saturated heterocycles. The molecule has 0 saturated carbocycles. The first kappa shape index (κ1) is 52.5. The molecule has 68 heavy (non-hydrogen) atoms. The van der Waals surface area contributed by atoms with Gasteiger partial charge in [0.05, 0.1) is 85.7 Å². The molecule has 0 atom stereocenters. The van der Waals surface area contributed by atoms with Gasteiger partial charge in [0.2, 0.25) is 29.5 Å². The minimum absolute atomic E-state index is 0.0492. The van der Waals surface area contributed by atoms with Crippen molar-refractivity contribution in [2.24, 2.45) is 0 Å². The highest BCUT2D eigenvalue weighted by Gasteiger charge is 2.29. The summed E-state index contributed by atoms with van der Waals surface area (Å²) < 4.78 is 23.9. The molecular weight excluding hydrogens is 942 g/mol. The zero-order valence-corrected chi connectivity index (χ0v) is 40.9. The molecule has 22 heteroatoms. The SMILES string of the molecule is CN(C)C/C=C/C(=O)N1CCN(c2ccc(CCNC(=O)CCOCCOCCOCCOCCC(=O)NCCn3ccc(-c4cc(Cl)c(Cl)c5[nH]c6c(c45)CN(C(=O)CO)CC6)n3)s2)C(=O)C1. The summed E-state index contributed by atoms with van der Waals surface area (Å²) in [5, 5.41) is 22.4. The third-order valence-electron chi connectivity index (χ3n) is 11.1. The molecule has 5 heterocycles. The van der Waals surface area contributed by atoms with Gasteiger partial charge in [-0.3, -0.25) is 28.7 Å². The molecular formula is C46H61Cl2N9O10S. The minimum atomic E-state index is -0.553. The lowest BCUT2D eigenvalue weighted by molar-refractivity contribution is -0.135. The van der Waals surface area contributed by atoms with E-state index in [4.69, 9.17) is 47.2 Å². The number of halogens is 2. The van der Waals surface area contributed by atoms with Crippen LogP contribution >= 0.6 is 34.5 Å². The summed E-state index contributed by atoms with van der Waals surface area (Å²) in [5.74, 6) is -0.857. The Morgan fingerprint density at radius 3 is 2.22 bits per heavy atom. The van der Waals surface area contributed by atoms with Gasteiger partial charge in [0.25, 0.3) is 0 Å². The van der Waals surface area contributed by atoms with Gasteiger partial charge in [-0.25, -0.2) is 0 Å². The second-order valence-electron chi connectivity index (χ2n) is 16.3. The summed E-state index contributed by atoms with van der Waals surface area (Å²) in [4.78, 5) is 73.5. The van der Waals surface area contributed by atoms with Crippen LogP contribution in [0.4, 0.5) is 5.00 Å². The Morgan fingerprint density at radius 1 is 0.882 bits per heavy atom. The van der Waals surface area contributed by atoms with Crippen molar-refractivity contribution < 1.29 is 48.0 Å². The molecule has 0 unspecified atom stereocenters. The summed E-state index contributed by atoms with van der Waals surface area (Å²) in [6, 6.07) is 7.51. The number of fused-ring (bicyclic) bond motifs is 3. The molecule has 2 aliphatic rings. The van der Waals surface area contributed by atoms with Crippen LogP contribution in [0.15, 0.2) is 42.6 Å². The van der Waals surface area contributed by atoms with Crippen LogP contribution in [0.2, 0.25) is 10.0 Å². The number of carbonyl (C=O) groups is 5. The molecule has 4 N–H and O–H groups in total. The topological polar surface area (TPSA) is 213 Å². The Labute approximate surface area is 409 Å². The molecule has 0 radical (unpaired) electrons. The summed E-state index contributed by atoms with van der Waals surface area (Å²) in [7, 11) is 3.85. The maximum Gasteiger partial charge on any atom is 0.248 e. The quantitative estimate of drug-likeness (QED) is 0.0502. The maximum absolute atomic E-state index is 12.8. The molecule has 19 nitrogen and oxygen atoms in total. The van der Waals surface area contributed by atoms with Crippen LogP contribution in [0.25, 0.3) is 22.2 Å². The van der Waals surface area contributed by atoms with Gasteiger partial charge in [-0.05, 0) is 44.8 Å². The van der Waals surface area contributed by atoms with Crippen LogP contribution in [-0.4, -0.2) is 183 Å². The van der Waals surface area contributed by atoms with Gasteiger partial charge in [0.1, 0.15) is 13.2 Å². The molecule has 2 aliphatic heterocycles. The monoisotopic (exact) mass is 1000 g/mol. The van der Waals surface area contributed by atoms with E-state index in [1.165, 1.54) is 17.4 Å². The Hall–Kier alpha value is -4.90. The largest absolute Gasteiger partial charge is 0.387 e. The van der Waals surface area contributed by atoms with E-state index in [9.17, 15) is 29.1 Å². The van der Waals surface area contributed by atoms with Gasteiger partial charge in [-0.1, -0.05) is 29.3 Å². The second-order valence-corrected chi connectivity index (χ2v) is 18.3. The highest BCUT2D eigenvalue weighted by molar-refractivity contribution is 7.16. The van der Waals surface area contributed by atoms with Gasteiger partial charge in [0.15, 0.2) is 0 Å². The number of thiophene rings is 1. The van der Waals surface area contributed by atoms with Crippen molar-refractivity contribution >= 4 is 80.0 Å². The number of aliphatic hydroxyl groups is 1. The molecule has 1 aromatic carbocycles. The number of hydrogen-bond acceptors (Lipinski definition) is 13. The first-order valence-corrected chi connectivity index (χ1v) is 24.3. The number of likely N-dealkylation sites (N-methyl/N-ethyl adjacent to an activating group) is 1. The summed E-state index contributed by atoms with van der Waals surface area (Å²) in [5.41, 5.74) is 4.01. The van der Waals surface area contributed by atoms with E-state index in [1.54, 1.807) is 31.5 Å².